The smallest absolute Gasteiger partial charge is 0.253 e. The fourth-order valence-electron chi connectivity index (χ4n) is 7.01. The van der Waals surface area contributed by atoms with Crippen molar-refractivity contribution < 1.29 is 29.0 Å². The lowest BCUT2D eigenvalue weighted by Gasteiger charge is -2.39. The highest BCUT2D eigenvalue weighted by molar-refractivity contribution is 6.06. The molecule has 3 amide bonds. The van der Waals surface area contributed by atoms with Crippen LogP contribution < -0.4 is 9.64 Å². The van der Waals surface area contributed by atoms with E-state index < -0.39 is 35.1 Å². The lowest BCUT2D eigenvalue weighted by molar-refractivity contribution is -0.151. The number of carbonyl (C=O) groups is 3. The molecule has 2 aromatic rings. The maximum absolute atomic E-state index is 14.4. The van der Waals surface area contributed by atoms with Crippen LogP contribution in [0.25, 0.3) is 0 Å². The SMILES string of the molecule is COc1ccc(N2CC=C[C@]34O[C@]5(C)C=CCN(Cc6ccccc6)C(=O)[C@@H]5[C@H]3C(=O)N([C@H](C)CO)C4C2=O)cc1. The number of benzene rings is 2. The molecule has 41 heavy (non-hydrogen) atoms. The van der Waals surface area contributed by atoms with Crippen molar-refractivity contribution in [3.8, 4) is 5.75 Å². The number of methoxy groups -OCH3 is 1. The van der Waals surface area contributed by atoms with Crippen molar-refractivity contribution in [2.24, 2.45) is 11.8 Å². The summed E-state index contributed by atoms with van der Waals surface area (Å²) in [5, 5.41) is 10.2. The number of rotatable bonds is 6. The number of hydrogen-bond donors (Lipinski definition) is 1. The third-order valence-corrected chi connectivity index (χ3v) is 8.92. The minimum absolute atomic E-state index is 0.189. The topological polar surface area (TPSA) is 99.6 Å². The zero-order valence-electron chi connectivity index (χ0n) is 23.5. The second-order valence-corrected chi connectivity index (χ2v) is 11.4. The molecule has 0 radical (unpaired) electrons. The summed E-state index contributed by atoms with van der Waals surface area (Å²) in [6.45, 7) is 4.25. The molecule has 6 rings (SSSR count). The summed E-state index contributed by atoms with van der Waals surface area (Å²) in [5.74, 6) is -1.99. The highest BCUT2D eigenvalue weighted by atomic mass is 16.5. The molecule has 0 aliphatic carbocycles. The van der Waals surface area contributed by atoms with Gasteiger partial charge in [-0.15, -0.1) is 0 Å². The summed E-state index contributed by atoms with van der Waals surface area (Å²) in [7, 11) is 1.58. The summed E-state index contributed by atoms with van der Waals surface area (Å²) < 4.78 is 12.1. The first-order valence-electron chi connectivity index (χ1n) is 14.0. The molecule has 9 nitrogen and oxygen atoms in total. The Morgan fingerprint density at radius 1 is 0.951 bits per heavy atom. The molecule has 2 aromatic carbocycles. The summed E-state index contributed by atoms with van der Waals surface area (Å²) in [6.07, 6.45) is 7.45. The molecule has 2 saturated heterocycles. The molecule has 0 bridgehead atoms. The van der Waals surface area contributed by atoms with Crippen LogP contribution >= 0.6 is 0 Å². The molecule has 0 saturated carbocycles. The average Bonchev–Trinajstić information content (AvgIpc) is 3.26. The third kappa shape index (κ3) is 4.18. The summed E-state index contributed by atoms with van der Waals surface area (Å²) in [4.78, 5) is 47.9. The van der Waals surface area contributed by atoms with E-state index in [9.17, 15) is 19.5 Å². The number of aliphatic hydroxyl groups excluding tert-OH is 1. The van der Waals surface area contributed by atoms with E-state index in [0.29, 0.717) is 24.5 Å². The van der Waals surface area contributed by atoms with Crippen LogP contribution in [0.4, 0.5) is 5.69 Å². The van der Waals surface area contributed by atoms with E-state index in [1.165, 1.54) is 4.90 Å². The molecule has 1 unspecified atom stereocenters. The first-order chi connectivity index (χ1) is 19.7. The van der Waals surface area contributed by atoms with Crippen molar-refractivity contribution in [3.63, 3.8) is 0 Å². The Kier molecular flexibility index (Phi) is 6.74. The minimum atomic E-state index is -1.38. The van der Waals surface area contributed by atoms with Crippen molar-refractivity contribution in [1.82, 2.24) is 9.80 Å². The van der Waals surface area contributed by atoms with Gasteiger partial charge in [-0.2, -0.15) is 0 Å². The van der Waals surface area contributed by atoms with Crippen molar-refractivity contribution in [2.75, 3.05) is 31.7 Å². The Bertz CT molecular complexity index is 1410. The van der Waals surface area contributed by atoms with Gasteiger partial charge in [0.25, 0.3) is 5.91 Å². The van der Waals surface area contributed by atoms with Crippen LogP contribution in [0.5, 0.6) is 5.75 Å². The van der Waals surface area contributed by atoms with E-state index in [2.05, 4.69) is 0 Å². The molecule has 6 atom stereocenters. The van der Waals surface area contributed by atoms with Crippen LogP contribution in [0, 0.1) is 11.8 Å². The van der Waals surface area contributed by atoms with Gasteiger partial charge in [0.05, 0.1) is 37.2 Å². The van der Waals surface area contributed by atoms with Crippen molar-refractivity contribution >= 4 is 23.4 Å². The molecule has 4 aliphatic heterocycles. The van der Waals surface area contributed by atoms with Gasteiger partial charge in [-0.1, -0.05) is 54.6 Å². The highest BCUT2D eigenvalue weighted by Gasteiger charge is 2.75. The molecule has 4 heterocycles. The largest absolute Gasteiger partial charge is 0.497 e. The quantitative estimate of drug-likeness (QED) is 0.549. The molecular formula is C32H35N3O6. The molecule has 9 heteroatoms. The maximum Gasteiger partial charge on any atom is 0.253 e. The van der Waals surface area contributed by atoms with Gasteiger partial charge in [0, 0.05) is 25.3 Å². The predicted molar refractivity (Wildman–Crippen MR) is 152 cm³/mol. The number of fused-ring (bicyclic) bond motifs is 2. The monoisotopic (exact) mass is 557 g/mol. The zero-order chi connectivity index (χ0) is 28.9. The number of anilines is 1. The molecule has 2 fully saturated rings. The normalized spacial score (nSPS) is 31.5. The fourth-order valence-corrected chi connectivity index (χ4v) is 7.01. The van der Waals surface area contributed by atoms with Crippen LogP contribution in [0.3, 0.4) is 0 Å². The van der Waals surface area contributed by atoms with Crippen molar-refractivity contribution in [3.05, 3.63) is 84.5 Å². The van der Waals surface area contributed by atoms with Gasteiger partial charge >= 0.3 is 0 Å². The Labute approximate surface area is 239 Å². The maximum atomic E-state index is 14.4. The first kappa shape index (κ1) is 27.2. The molecule has 4 aliphatic rings. The fraction of sp³-hybridized carbons (Fsp3) is 0.406. The van der Waals surface area contributed by atoms with Gasteiger partial charge in [-0.05, 0) is 43.7 Å². The van der Waals surface area contributed by atoms with E-state index in [1.54, 1.807) is 48.1 Å². The molecule has 0 aromatic heterocycles. The summed E-state index contributed by atoms with van der Waals surface area (Å²) in [5.41, 5.74) is -0.852. The molecule has 1 spiro atoms. The second kappa shape index (κ2) is 10.2. The Hall–Kier alpha value is -3.95. The van der Waals surface area contributed by atoms with Crippen molar-refractivity contribution in [2.45, 2.75) is 43.7 Å². The predicted octanol–water partition coefficient (Wildman–Crippen LogP) is 2.55. The van der Waals surface area contributed by atoms with Gasteiger partial charge < -0.3 is 29.3 Å². The number of ether oxygens (including phenoxy) is 2. The van der Waals surface area contributed by atoms with Crippen LogP contribution in [0.15, 0.2) is 78.9 Å². The molecule has 1 N–H and O–H groups in total. The van der Waals surface area contributed by atoms with Crippen LogP contribution in [-0.2, 0) is 25.7 Å². The van der Waals surface area contributed by atoms with E-state index in [1.807, 2.05) is 61.6 Å². The Morgan fingerprint density at radius 3 is 2.34 bits per heavy atom. The van der Waals surface area contributed by atoms with Gasteiger partial charge in [-0.3, -0.25) is 14.4 Å². The van der Waals surface area contributed by atoms with Crippen LogP contribution in [-0.4, -0.2) is 82.7 Å². The molecule has 214 valence electrons. The minimum Gasteiger partial charge on any atom is -0.497 e. The van der Waals surface area contributed by atoms with Gasteiger partial charge in [0.2, 0.25) is 11.8 Å². The molecular weight excluding hydrogens is 522 g/mol. The first-order valence-corrected chi connectivity index (χ1v) is 14.0. The van der Waals surface area contributed by atoms with Crippen LogP contribution in [0.1, 0.15) is 19.4 Å². The number of amides is 3. The second-order valence-electron chi connectivity index (χ2n) is 11.4. The number of likely N-dealkylation sites (tertiary alicyclic amines) is 1. The average molecular weight is 558 g/mol. The number of carbonyl (C=O) groups excluding carboxylic acids is 3. The number of hydrogen-bond acceptors (Lipinski definition) is 6. The summed E-state index contributed by atoms with van der Waals surface area (Å²) >= 11 is 0. The number of nitrogens with zero attached hydrogens (tertiary/aromatic N) is 3. The Morgan fingerprint density at radius 2 is 1.66 bits per heavy atom. The van der Waals surface area contributed by atoms with E-state index >= 15 is 0 Å². The third-order valence-electron chi connectivity index (χ3n) is 8.92. The lowest BCUT2D eigenvalue weighted by Crippen LogP contribution is -2.58. The number of aliphatic hydroxyl groups is 1. The Balaban J connectivity index is 1.43. The van der Waals surface area contributed by atoms with E-state index in [0.717, 1.165) is 5.56 Å². The van der Waals surface area contributed by atoms with Crippen LogP contribution in [0.2, 0.25) is 0 Å². The van der Waals surface area contributed by atoms with Gasteiger partial charge in [-0.25, -0.2) is 0 Å². The van der Waals surface area contributed by atoms with Gasteiger partial charge in [0.1, 0.15) is 17.4 Å². The van der Waals surface area contributed by atoms with E-state index in [-0.39, 0.29) is 30.9 Å². The van der Waals surface area contributed by atoms with Crippen molar-refractivity contribution in [1.29, 1.82) is 0 Å². The summed E-state index contributed by atoms with van der Waals surface area (Å²) in [6, 6.07) is 15.2. The zero-order valence-corrected chi connectivity index (χ0v) is 23.5. The van der Waals surface area contributed by atoms with E-state index in [4.69, 9.17) is 9.47 Å². The van der Waals surface area contributed by atoms with Gasteiger partial charge in [0.15, 0.2) is 0 Å². The standard InChI is InChI=1S/C32H35N3O6/c1-21(20-36)35-27-30(39)34(23-11-13-24(40-3)14-12-23)18-8-16-32(27)26(29(35)38)25-28(37)33(17-7-15-31(25,2)41-32)19-22-9-5-4-6-10-22/h4-16,21,25-27,36H,17-20H2,1-3H3/t21-,25+,26+,27?,31-,32+/m1/s1. The highest BCUT2D eigenvalue weighted by Crippen LogP contribution is 2.58. The lowest BCUT2D eigenvalue weighted by atomic mass is 9.74.